The zero-order valence-electron chi connectivity index (χ0n) is 14.8. The topological polar surface area (TPSA) is 42.9 Å². The molecule has 2 N–H and O–H groups in total. The minimum absolute atomic E-state index is 0.526. The molecule has 1 saturated carbocycles. The molecule has 0 spiro atoms. The standard InChI is InChI=1S/C17H35N5/c1-4-18-17(20-16-8-6-7-9-16)19-14-15(3)22-12-10-21(5-2)11-13-22/h15-16H,4-14H2,1-3H3,(H2,18,19,20). The van der Waals surface area contributed by atoms with Crippen LogP contribution >= 0.6 is 0 Å². The van der Waals surface area contributed by atoms with E-state index in [1.54, 1.807) is 0 Å². The van der Waals surface area contributed by atoms with Crippen LogP contribution in [-0.2, 0) is 0 Å². The van der Waals surface area contributed by atoms with Crippen LogP contribution in [0, 0.1) is 0 Å². The highest BCUT2D eigenvalue weighted by molar-refractivity contribution is 5.80. The Balaban J connectivity index is 1.78. The highest BCUT2D eigenvalue weighted by atomic mass is 15.3. The highest BCUT2D eigenvalue weighted by Gasteiger charge is 2.20. The minimum atomic E-state index is 0.526. The Hall–Kier alpha value is -0.810. The van der Waals surface area contributed by atoms with Crippen molar-refractivity contribution in [2.45, 2.75) is 58.5 Å². The second kappa shape index (κ2) is 9.36. The van der Waals surface area contributed by atoms with E-state index >= 15 is 0 Å². The van der Waals surface area contributed by atoms with Gasteiger partial charge in [0.25, 0.3) is 0 Å². The molecule has 2 aliphatic rings. The summed E-state index contributed by atoms with van der Waals surface area (Å²) in [5, 5.41) is 7.00. The molecule has 1 saturated heterocycles. The first kappa shape index (κ1) is 17.5. The van der Waals surface area contributed by atoms with Gasteiger partial charge < -0.3 is 15.5 Å². The number of nitrogens with zero attached hydrogens (tertiary/aromatic N) is 3. The lowest BCUT2D eigenvalue weighted by atomic mass is 10.2. The van der Waals surface area contributed by atoms with Crippen molar-refractivity contribution in [1.29, 1.82) is 0 Å². The number of likely N-dealkylation sites (N-methyl/N-ethyl adjacent to an activating group) is 1. The van der Waals surface area contributed by atoms with Gasteiger partial charge in [0, 0.05) is 44.8 Å². The van der Waals surface area contributed by atoms with Crippen LogP contribution in [0.4, 0.5) is 0 Å². The largest absolute Gasteiger partial charge is 0.357 e. The predicted octanol–water partition coefficient (Wildman–Crippen LogP) is 1.51. The summed E-state index contributed by atoms with van der Waals surface area (Å²) in [6.45, 7) is 14.4. The van der Waals surface area contributed by atoms with Gasteiger partial charge >= 0.3 is 0 Å². The molecule has 2 rings (SSSR count). The summed E-state index contributed by atoms with van der Waals surface area (Å²) in [6.07, 6.45) is 5.29. The summed E-state index contributed by atoms with van der Waals surface area (Å²) in [5.41, 5.74) is 0. The van der Waals surface area contributed by atoms with Gasteiger partial charge in [-0.25, -0.2) is 0 Å². The quantitative estimate of drug-likeness (QED) is 0.576. The molecular weight excluding hydrogens is 274 g/mol. The second-order valence-corrected chi connectivity index (χ2v) is 6.66. The maximum absolute atomic E-state index is 4.83. The van der Waals surface area contributed by atoms with Crippen molar-refractivity contribution < 1.29 is 0 Å². The Kier molecular flexibility index (Phi) is 7.46. The van der Waals surface area contributed by atoms with E-state index in [2.05, 4.69) is 41.2 Å². The second-order valence-electron chi connectivity index (χ2n) is 6.66. The first-order valence-electron chi connectivity index (χ1n) is 9.24. The molecule has 0 bridgehead atoms. The van der Waals surface area contributed by atoms with Gasteiger partial charge in [-0.15, -0.1) is 0 Å². The number of nitrogens with one attached hydrogen (secondary N) is 2. The Morgan fingerprint density at radius 3 is 2.41 bits per heavy atom. The monoisotopic (exact) mass is 309 g/mol. The average molecular weight is 310 g/mol. The van der Waals surface area contributed by atoms with E-state index in [9.17, 15) is 0 Å². The van der Waals surface area contributed by atoms with Crippen molar-refractivity contribution in [3.8, 4) is 0 Å². The highest BCUT2D eigenvalue weighted by Crippen LogP contribution is 2.17. The van der Waals surface area contributed by atoms with Crippen LogP contribution in [0.5, 0.6) is 0 Å². The summed E-state index contributed by atoms with van der Waals surface area (Å²) in [6, 6.07) is 1.15. The van der Waals surface area contributed by atoms with E-state index in [1.165, 1.54) is 58.4 Å². The number of rotatable bonds is 6. The summed E-state index contributed by atoms with van der Waals surface area (Å²) in [7, 11) is 0. The van der Waals surface area contributed by atoms with Crippen molar-refractivity contribution in [3.63, 3.8) is 0 Å². The fourth-order valence-electron chi connectivity index (χ4n) is 3.44. The molecular formula is C17H35N5. The van der Waals surface area contributed by atoms with Gasteiger partial charge in [0.2, 0.25) is 0 Å². The molecule has 5 heteroatoms. The minimum Gasteiger partial charge on any atom is -0.357 e. The van der Waals surface area contributed by atoms with Crippen LogP contribution in [0.3, 0.4) is 0 Å². The maximum Gasteiger partial charge on any atom is 0.191 e. The molecule has 1 heterocycles. The maximum atomic E-state index is 4.83. The van der Waals surface area contributed by atoms with Crippen LogP contribution < -0.4 is 10.6 Å². The number of guanidine groups is 1. The summed E-state index contributed by atoms with van der Waals surface area (Å²) in [5.74, 6) is 1.01. The molecule has 128 valence electrons. The zero-order valence-corrected chi connectivity index (χ0v) is 14.8. The molecule has 0 aromatic carbocycles. The van der Waals surface area contributed by atoms with E-state index in [0.717, 1.165) is 19.0 Å². The van der Waals surface area contributed by atoms with E-state index in [4.69, 9.17) is 4.99 Å². The zero-order chi connectivity index (χ0) is 15.8. The van der Waals surface area contributed by atoms with Crippen molar-refractivity contribution in [1.82, 2.24) is 20.4 Å². The van der Waals surface area contributed by atoms with Gasteiger partial charge in [0.15, 0.2) is 5.96 Å². The first-order chi connectivity index (χ1) is 10.7. The third-order valence-electron chi connectivity index (χ3n) is 5.03. The van der Waals surface area contributed by atoms with Crippen LogP contribution in [0.15, 0.2) is 4.99 Å². The van der Waals surface area contributed by atoms with Crippen LogP contribution in [-0.4, -0.2) is 73.7 Å². The normalized spacial score (nSPS) is 23.7. The van der Waals surface area contributed by atoms with Gasteiger partial charge in [-0.2, -0.15) is 0 Å². The number of piperazine rings is 1. The van der Waals surface area contributed by atoms with Crippen molar-refractivity contribution in [2.75, 3.05) is 45.8 Å². The molecule has 0 radical (unpaired) electrons. The molecule has 1 unspecified atom stereocenters. The third-order valence-corrected chi connectivity index (χ3v) is 5.03. The predicted molar refractivity (Wildman–Crippen MR) is 94.5 cm³/mol. The lowest BCUT2D eigenvalue weighted by Gasteiger charge is -2.37. The Morgan fingerprint density at radius 2 is 1.82 bits per heavy atom. The van der Waals surface area contributed by atoms with Crippen molar-refractivity contribution in [3.05, 3.63) is 0 Å². The fourth-order valence-corrected chi connectivity index (χ4v) is 3.44. The van der Waals surface area contributed by atoms with Crippen LogP contribution in [0.1, 0.15) is 46.5 Å². The van der Waals surface area contributed by atoms with Gasteiger partial charge in [-0.1, -0.05) is 19.8 Å². The van der Waals surface area contributed by atoms with Gasteiger partial charge in [-0.05, 0) is 33.2 Å². The average Bonchev–Trinajstić information content (AvgIpc) is 3.05. The molecule has 22 heavy (non-hydrogen) atoms. The van der Waals surface area contributed by atoms with Crippen molar-refractivity contribution >= 4 is 5.96 Å². The van der Waals surface area contributed by atoms with Gasteiger partial charge in [0.05, 0.1) is 6.54 Å². The van der Waals surface area contributed by atoms with Gasteiger partial charge in [-0.3, -0.25) is 9.89 Å². The SMILES string of the molecule is CCNC(=NCC(C)N1CCN(CC)CC1)NC1CCCC1. The van der Waals surface area contributed by atoms with E-state index in [1.807, 2.05) is 0 Å². The molecule has 2 fully saturated rings. The first-order valence-corrected chi connectivity index (χ1v) is 9.24. The summed E-state index contributed by atoms with van der Waals surface area (Å²) >= 11 is 0. The Bertz CT molecular complexity index is 330. The van der Waals surface area contributed by atoms with E-state index in [0.29, 0.717) is 12.1 Å². The van der Waals surface area contributed by atoms with Crippen LogP contribution in [0.2, 0.25) is 0 Å². The number of hydrogen-bond acceptors (Lipinski definition) is 3. The van der Waals surface area contributed by atoms with Crippen molar-refractivity contribution in [2.24, 2.45) is 4.99 Å². The van der Waals surface area contributed by atoms with Crippen LogP contribution in [0.25, 0.3) is 0 Å². The van der Waals surface area contributed by atoms with E-state index < -0.39 is 0 Å². The summed E-state index contributed by atoms with van der Waals surface area (Å²) < 4.78 is 0. The molecule has 5 nitrogen and oxygen atoms in total. The summed E-state index contributed by atoms with van der Waals surface area (Å²) in [4.78, 5) is 9.93. The lowest BCUT2D eigenvalue weighted by Crippen LogP contribution is -2.50. The number of hydrogen-bond donors (Lipinski definition) is 2. The Morgan fingerprint density at radius 1 is 1.14 bits per heavy atom. The Labute approximate surface area is 136 Å². The third kappa shape index (κ3) is 5.43. The van der Waals surface area contributed by atoms with Gasteiger partial charge in [0.1, 0.15) is 0 Å². The molecule has 0 aromatic heterocycles. The molecule has 1 aliphatic heterocycles. The molecule has 0 aromatic rings. The fraction of sp³-hybridized carbons (Fsp3) is 0.941. The van der Waals surface area contributed by atoms with E-state index in [-0.39, 0.29) is 0 Å². The molecule has 1 atom stereocenters. The molecule has 1 aliphatic carbocycles. The smallest absolute Gasteiger partial charge is 0.191 e. The molecule has 0 amide bonds. The lowest BCUT2D eigenvalue weighted by molar-refractivity contribution is 0.109. The number of aliphatic imine (C=N–C) groups is 1.